The molecule has 0 atom stereocenters. The van der Waals surface area contributed by atoms with Gasteiger partial charge >= 0.3 is 6.09 Å². The average molecular weight is 378 g/mol. The summed E-state index contributed by atoms with van der Waals surface area (Å²) in [7, 11) is 0. The van der Waals surface area contributed by atoms with Crippen molar-refractivity contribution >= 4 is 28.7 Å². The summed E-state index contributed by atoms with van der Waals surface area (Å²) in [4.78, 5) is 27.6. The molecule has 26 heavy (non-hydrogen) atoms. The van der Waals surface area contributed by atoms with Crippen LogP contribution in [0.15, 0.2) is 29.2 Å². The van der Waals surface area contributed by atoms with Crippen molar-refractivity contribution in [2.75, 3.05) is 6.61 Å². The molecule has 5 rings (SSSR count). The van der Waals surface area contributed by atoms with Crippen LogP contribution in [-0.4, -0.2) is 38.5 Å². The van der Waals surface area contributed by atoms with Gasteiger partial charge in [0.05, 0.1) is 33.8 Å². The quantitative estimate of drug-likeness (QED) is 0.854. The molecule has 1 aliphatic carbocycles. The topological polar surface area (TPSA) is 93.5 Å². The minimum atomic E-state index is -1.00. The molecule has 2 aromatic heterocycles. The van der Waals surface area contributed by atoms with Crippen LogP contribution in [0, 0.1) is 0 Å². The number of carboxylic acid groups (broad SMARTS) is 1. The molecular formula is C18H20ClN3O4. The van der Waals surface area contributed by atoms with Crippen molar-refractivity contribution in [2.24, 2.45) is 0 Å². The average Bonchev–Trinajstić information content (AvgIpc) is 2.62. The maximum Gasteiger partial charge on any atom is 0.405 e. The van der Waals surface area contributed by atoms with Crippen molar-refractivity contribution in [3.63, 3.8) is 0 Å². The molecule has 2 aliphatic heterocycles. The van der Waals surface area contributed by atoms with Crippen LogP contribution in [-0.2, 0) is 11.3 Å². The standard InChI is InChI=1S/C18H20ClN3O4/c19-12-9-14-13(20-10-12)1-2-15(23)22(14)8-7-18-5-3-17(4-6-18,11-26-18)21-16(24)25/h1-2,9-10,21H,3-8,11H2,(H,24,25). The number of ether oxygens (including phenoxy) is 1. The van der Waals surface area contributed by atoms with Crippen LogP contribution in [0.3, 0.4) is 0 Å². The van der Waals surface area contributed by atoms with Gasteiger partial charge in [-0.2, -0.15) is 0 Å². The van der Waals surface area contributed by atoms with Crippen LogP contribution in [0.1, 0.15) is 32.1 Å². The Hall–Kier alpha value is -2.12. The number of aryl methyl sites for hydroxylation is 1. The third-order valence-electron chi connectivity index (χ3n) is 5.74. The summed E-state index contributed by atoms with van der Waals surface area (Å²) in [5, 5.41) is 12.1. The van der Waals surface area contributed by atoms with E-state index in [1.165, 1.54) is 6.07 Å². The van der Waals surface area contributed by atoms with Crippen molar-refractivity contribution in [3.05, 3.63) is 39.8 Å². The molecule has 4 heterocycles. The van der Waals surface area contributed by atoms with Gasteiger partial charge < -0.3 is 19.7 Å². The largest absolute Gasteiger partial charge is 0.465 e. The molecule has 1 saturated carbocycles. The summed E-state index contributed by atoms with van der Waals surface area (Å²) >= 11 is 6.05. The zero-order valence-electron chi connectivity index (χ0n) is 14.2. The van der Waals surface area contributed by atoms with Crippen LogP contribution in [0.25, 0.3) is 11.0 Å². The Morgan fingerprint density at radius 1 is 1.35 bits per heavy atom. The number of nitrogens with one attached hydrogen (secondary N) is 1. The molecule has 0 spiro atoms. The summed E-state index contributed by atoms with van der Waals surface area (Å²) in [6.07, 6.45) is 4.35. The zero-order valence-corrected chi connectivity index (χ0v) is 15.0. The van der Waals surface area contributed by atoms with Crippen LogP contribution >= 0.6 is 11.6 Å². The third kappa shape index (κ3) is 3.05. The fourth-order valence-corrected chi connectivity index (χ4v) is 4.32. The van der Waals surface area contributed by atoms with Crippen molar-refractivity contribution in [1.82, 2.24) is 14.9 Å². The van der Waals surface area contributed by atoms with Crippen LogP contribution in [0.4, 0.5) is 4.79 Å². The molecule has 3 fully saturated rings. The summed E-state index contributed by atoms with van der Waals surface area (Å²) in [5.74, 6) is 0. The highest BCUT2D eigenvalue weighted by Gasteiger charge is 2.50. The molecule has 7 nitrogen and oxygen atoms in total. The molecule has 0 unspecified atom stereocenters. The minimum absolute atomic E-state index is 0.0912. The van der Waals surface area contributed by atoms with Gasteiger partial charge in [0.25, 0.3) is 5.56 Å². The third-order valence-corrected chi connectivity index (χ3v) is 5.95. The smallest absolute Gasteiger partial charge is 0.405 e. The summed E-state index contributed by atoms with van der Waals surface area (Å²) in [6.45, 7) is 0.897. The summed E-state index contributed by atoms with van der Waals surface area (Å²) in [6, 6.07) is 4.98. The number of halogens is 1. The second-order valence-electron chi connectivity index (χ2n) is 7.31. The molecule has 2 saturated heterocycles. The van der Waals surface area contributed by atoms with Gasteiger partial charge in [-0.05, 0) is 44.2 Å². The van der Waals surface area contributed by atoms with E-state index in [0.29, 0.717) is 24.6 Å². The Kier molecular flexibility index (Phi) is 4.16. The number of aromatic nitrogens is 2. The lowest BCUT2D eigenvalue weighted by atomic mass is 9.70. The van der Waals surface area contributed by atoms with E-state index in [1.807, 2.05) is 0 Å². The first-order chi connectivity index (χ1) is 12.4. The first kappa shape index (κ1) is 17.3. The number of hydrogen-bond donors (Lipinski definition) is 2. The van der Waals surface area contributed by atoms with Crippen LogP contribution < -0.4 is 10.9 Å². The Balaban J connectivity index is 1.53. The van der Waals surface area contributed by atoms with Gasteiger partial charge in [0, 0.05) is 18.8 Å². The van der Waals surface area contributed by atoms with Crippen LogP contribution in [0.5, 0.6) is 0 Å². The van der Waals surface area contributed by atoms with E-state index in [4.69, 9.17) is 21.4 Å². The Bertz CT molecular complexity index is 902. The monoisotopic (exact) mass is 377 g/mol. The zero-order chi connectivity index (χ0) is 18.4. The lowest BCUT2D eigenvalue weighted by molar-refractivity contribution is -0.164. The van der Waals surface area contributed by atoms with Gasteiger partial charge in [-0.3, -0.25) is 9.78 Å². The SMILES string of the molecule is O=C(O)NC12CCC(CCn3c(=O)ccc4ncc(Cl)cc43)(CC1)OC2. The predicted octanol–water partition coefficient (Wildman–Crippen LogP) is 2.79. The normalized spacial score (nSPS) is 27.6. The van der Waals surface area contributed by atoms with E-state index in [9.17, 15) is 9.59 Å². The number of fused-ring (bicyclic) bond motifs is 4. The molecule has 138 valence electrons. The highest BCUT2D eigenvalue weighted by atomic mass is 35.5. The maximum atomic E-state index is 12.4. The lowest BCUT2D eigenvalue weighted by Gasteiger charge is -2.53. The van der Waals surface area contributed by atoms with E-state index < -0.39 is 11.6 Å². The lowest BCUT2D eigenvalue weighted by Crippen LogP contribution is -2.62. The molecule has 2 N–H and O–H groups in total. The van der Waals surface area contributed by atoms with Gasteiger partial charge in [-0.1, -0.05) is 11.6 Å². The van der Waals surface area contributed by atoms with Gasteiger partial charge in [-0.25, -0.2) is 4.79 Å². The molecule has 2 bridgehead atoms. The number of pyridine rings is 2. The van der Waals surface area contributed by atoms with Crippen molar-refractivity contribution in [3.8, 4) is 0 Å². The second kappa shape index (κ2) is 6.25. The van der Waals surface area contributed by atoms with Crippen molar-refractivity contribution < 1.29 is 14.6 Å². The Labute approximate surface area is 154 Å². The van der Waals surface area contributed by atoms with E-state index in [0.717, 1.165) is 36.7 Å². The maximum absolute atomic E-state index is 12.4. The van der Waals surface area contributed by atoms with Crippen molar-refractivity contribution in [1.29, 1.82) is 0 Å². The second-order valence-corrected chi connectivity index (χ2v) is 7.75. The number of carbonyl (C=O) groups is 1. The Morgan fingerprint density at radius 2 is 2.12 bits per heavy atom. The molecule has 2 aromatic rings. The molecule has 3 aliphatic rings. The van der Waals surface area contributed by atoms with E-state index >= 15 is 0 Å². The first-order valence-corrected chi connectivity index (χ1v) is 9.08. The predicted molar refractivity (Wildman–Crippen MR) is 96.7 cm³/mol. The summed E-state index contributed by atoms with van der Waals surface area (Å²) < 4.78 is 7.78. The van der Waals surface area contributed by atoms with Crippen LogP contribution in [0.2, 0.25) is 5.02 Å². The van der Waals surface area contributed by atoms with E-state index in [-0.39, 0.29) is 11.2 Å². The van der Waals surface area contributed by atoms with Gasteiger partial charge in [-0.15, -0.1) is 0 Å². The first-order valence-electron chi connectivity index (χ1n) is 8.71. The summed E-state index contributed by atoms with van der Waals surface area (Å²) in [5.41, 5.74) is 0.599. The fourth-order valence-electron chi connectivity index (χ4n) is 4.16. The van der Waals surface area contributed by atoms with Gasteiger partial charge in [0.2, 0.25) is 0 Å². The fraction of sp³-hybridized carbons (Fsp3) is 0.500. The highest BCUT2D eigenvalue weighted by molar-refractivity contribution is 6.31. The van der Waals surface area contributed by atoms with E-state index in [2.05, 4.69) is 10.3 Å². The number of amides is 1. The molecule has 1 amide bonds. The number of rotatable bonds is 4. The highest BCUT2D eigenvalue weighted by Crippen LogP contribution is 2.45. The number of nitrogens with zero attached hydrogens (tertiary/aromatic N) is 2. The van der Waals surface area contributed by atoms with Gasteiger partial charge in [0.1, 0.15) is 0 Å². The molecule has 8 heteroatoms. The van der Waals surface area contributed by atoms with Crippen molar-refractivity contribution in [2.45, 2.75) is 49.8 Å². The molecule has 0 aromatic carbocycles. The molecule has 0 radical (unpaired) electrons. The van der Waals surface area contributed by atoms with Gasteiger partial charge in [0.15, 0.2) is 0 Å². The molecular weight excluding hydrogens is 358 g/mol. The number of hydrogen-bond acceptors (Lipinski definition) is 4. The Morgan fingerprint density at radius 3 is 2.77 bits per heavy atom. The minimum Gasteiger partial charge on any atom is -0.465 e. The van der Waals surface area contributed by atoms with E-state index in [1.54, 1.807) is 22.9 Å².